The molecule has 0 N–H and O–H groups in total. The van der Waals surface area contributed by atoms with E-state index >= 15 is 0 Å². The Morgan fingerprint density at radius 1 is 1.24 bits per heavy atom. The molecular weight excluding hydrogens is 359 g/mol. The quantitative estimate of drug-likeness (QED) is 0.556. The lowest BCUT2D eigenvalue weighted by atomic mass is 10.1. The Balaban J connectivity index is 1.93. The summed E-state index contributed by atoms with van der Waals surface area (Å²) in [5, 5.41) is 1.09. The Hall–Kier alpha value is -2.30. The summed E-state index contributed by atoms with van der Waals surface area (Å²) in [6.07, 6.45) is 4.91. The van der Waals surface area contributed by atoms with E-state index < -0.39 is 0 Å². The molecule has 1 atom stereocenters. The zero-order valence-electron chi connectivity index (χ0n) is 13.5. The van der Waals surface area contributed by atoms with Crippen molar-refractivity contribution in [2.24, 2.45) is 0 Å². The van der Waals surface area contributed by atoms with Crippen LogP contribution in [0.5, 0.6) is 5.75 Å². The number of hydrogen-bond donors (Lipinski definition) is 0. The molecule has 0 fully saturated rings. The topological polar surface area (TPSA) is 44.1 Å². The number of ether oxygens (including phenoxy) is 1. The van der Waals surface area contributed by atoms with Crippen molar-refractivity contribution in [2.45, 2.75) is 19.6 Å². The molecule has 1 aromatic heterocycles. The maximum Gasteiger partial charge on any atom is 0.159 e. The van der Waals surface area contributed by atoms with Gasteiger partial charge in [-0.15, -0.1) is 0 Å². The lowest BCUT2D eigenvalue weighted by molar-refractivity contribution is 0.101. The minimum absolute atomic E-state index is 0.0128. The fourth-order valence-corrected chi connectivity index (χ4v) is 3.03. The largest absolute Gasteiger partial charge is 0.484 e. The highest BCUT2D eigenvalue weighted by atomic mass is 35.5. The van der Waals surface area contributed by atoms with E-state index in [1.54, 1.807) is 42.9 Å². The van der Waals surface area contributed by atoms with Crippen LogP contribution in [0.1, 0.15) is 28.9 Å². The van der Waals surface area contributed by atoms with Gasteiger partial charge in [0.05, 0.1) is 12.9 Å². The normalized spacial score (nSPS) is 12.0. The first kappa shape index (κ1) is 17.5. The molecule has 3 aromatic rings. The van der Waals surface area contributed by atoms with Crippen LogP contribution in [0.15, 0.2) is 61.2 Å². The van der Waals surface area contributed by atoms with Gasteiger partial charge in [0.15, 0.2) is 5.78 Å². The summed E-state index contributed by atoms with van der Waals surface area (Å²) >= 11 is 12.4. The number of imidazole rings is 1. The summed E-state index contributed by atoms with van der Waals surface area (Å²) in [4.78, 5) is 15.7. The Bertz CT molecular complexity index is 879. The average molecular weight is 375 g/mol. The molecular formula is C19H16Cl2N2O2. The first-order valence-electron chi connectivity index (χ1n) is 7.71. The number of aromatic nitrogens is 2. The van der Waals surface area contributed by atoms with Crippen molar-refractivity contribution >= 4 is 29.0 Å². The van der Waals surface area contributed by atoms with Crippen molar-refractivity contribution in [3.05, 3.63) is 82.4 Å². The molecule has 0 aliphatic heterocycles. The second-order valence-corrected chi connectivity index (χ2v) is 6.46. The number of rotatable bonds is 6. The Kier molecular flexibility index (Phi) is 5.41. The molecule has 1 heterocycles. The van der Waals surface area contributed by atoms with Crippen LogP contribution < -0.4 is 4.74 Å². The first-order valence-corrected chi connectivity index (χ1v) is 8.47. The van der Waals surface area contributed by atoms with E-state index in [1.807, 2.05) is 22.9 Å². The van der Waals surface area contributed by atoms with Crippen LogP contribution in [0.3, 0.4) is 0 Å². The number of halogens is 2. The number of carbonyl (C=O) groups is 1. The predicted molar refractivity (Wildman–Crippen MR) is 98.5 cm³/mol. The predicted octanol–water partition coefficient (Wildman–Crippen LogP) is 5.21. The molecule has 0 spiro atoms. The molecule has 0 saturated carbocycles. The van der Waals surface area contributed by atoms with Gasteiger partial charge in [-0.25, -0.2) is 4.98 Å². The second-order valence-electron chi connectivity index (χ2n) is 5.62. The lowest BCUT2D eigenvalue weighted by Gasteiger charge is -2.21. The summed E-state index contributed by atoms with van der Waals surface area (Å²) in [5.41, 5.74) is 1.41. The molecule has 1 unspecified atom stereocenters. The van der Waals surface area contributed by atoms with Crippen molar-refractivity contribution in [1.82, 2.24) is 9.55 Å². The number of hydrogen-bond acceptors (Lipinski definition) is 3. The van der Waals surface area contributed by atoms with Crippen LogP contribution in [0.4, 0.5) is 0 Å². The van der Waals surface area contributed by atoms with Gasteiger partial charge in [-0.1, -0.05) is 41.4 Å². The molecule has 128 valence electrons. The first-order chi connectivity index (χ1) is 12.0. The fraction of sp³-hybridized carbons (Fsp3) is 0.158. The van der Waals surface area contributed by atoms with Gasteiger partial charge in [0.25, 0.3) is 0 Å². The van der Waals surface area contributed by atoms with E-state index in [9.17, 15) is 4.79 Å². The van der Waals surface area contributed by atoms with Crippen LogP contribution in [0.25, 0.3) is 0 Å². The third-order valence-corrected chi connectivity index (χ3v) is 4.33. The minimum atomic E-state index is -0.360. The zero-order chi connectivity index (χ0) is 17.8. The summed E-state index contributed by atoms with van der Waals surface area (Å²) in [6, 6.07) is 12.4. The second kappa shape index (κ2) is 7.72. The van der Waals surface area contributed by atoms with Gasteiger partial charge in [-0.3, -0.25) is 4.79 Å². The van der Waals surface area contributed by atoms with E-state index in [4.69, 9.17) is 27.9 Å². The van der Waals surface area contributed by atoms with Crippen molar-refractivity contribution in [3.63, 3.8) is 0 Å². The van der Waals surface area contributed by atoms with Crippen LogP contribution in [-0.2, 0) is 6.54 Å². The van der Waals surface area contributed by atoms with Gasteiger partial charge in [0.1, 0.15) is 11.9 Å². The smallest absolute Gasteiger partial charge is 0.159 e. The van der Waals surface area contributed by atoms with Gasteiger partial charge in [-0.2, -0.15) is 0 Å². The van der Waals surface area contributed by atoms with Crippen molar-refractivity contribution < 1.29 is 9.53 Å². The number of ketones is 1. The number of Topliss-reactive ketones (excluding diaryl/α,β-unsaturated/α-hetero) is 1. The number of benzene rings is 2. The molecule has 0 aliphatic rings. The van der Waals surface area contributed by atoms with E-state index in [0.29, 0.717) is 27.9 Å². The van der Waals surface area contributed by atoms with Gasteiger partial charge in [0, 0.05) is 33.6 Å². The maximum atomic E-state index is 11.6. The third-order valence-electron chi connectivity index (χ3n) is 3.76. The SMILES string of the molecule is CC(=O)c1cccc(OC(Cn2ccnc2)c2ccc(Cl)cc2Cl)c1. The highest BCUT2D eigenvalue weighted by Gasteiger charge is 2.18. The fourth-order valence-electron chi connectivity index (χ4n) is 2.50. The van der Waals surface area contributed by atoms with Crippen molar-refractivity contribution in [2.75, 3.05) is 0 Å². The molecule has 0 bridgehead atoms. The standard InChI is InChI=1S/C19H16Cl2N2O2/c1-13(24)14-3-2-4-16(9-14)25-19(11-23-8-7-22-12-23)17-6-5-15(20)10-18(17)21/h2-10,12,19H,11H2,1H3. The van der Waals surface area contributed by atoms with Crippen LogP contribution in [0.2, 0.25) is 10.0 Å². The van der Waals surface area contributed by atoms with Crippen molar-refractivity contribution in [1.29, 1.82) is 0 Å². The Labute approximate surface area is 156 Å². The van der Waals surface area contributed by atoms with Crippen LogP contribution in [-0.4, -0.2) is 15.3 Å². The summed E-state index contributed by atoms with van der Waals surface area (Å²) < 4.78 is 8.06. The van der Waals surface area contributed by atoms with E-state index in [2.05, 4.69) is 4.98 Å². The number of carbonyl (C=O) groups excluding carboxylic acids is 1. The van der Waals surface area contributed by atoms with E-state index in [0.717, 1.165) is 5.56 Å². The molecule has 0 saturated heterocycles. The molecule has 25 heavy (non-hydrogen) atoms. The third kappa shape index (κ3) is 4.41. The van der Waals surface area contributed by atoms with Crippen molar-refractivity contribution in [3.8, 4) is 5.75 Å². The molecule has 0 amide bonds. The zero-order valence-corrected chi connectivity index (χ0v) is 15.0. The van der Waals surface area contributed by atoms with E-state index in [-0.39, 0.29) is 11.9 Å². The molecule has 6 heteroatoms. The highest BCUT2D eigenvalue weighted by molar-refractivity contribution is 6.35. The van der Waals surface area contributed by atoms with Gasteiger partial charge in [0.2, 0.25) is 0 Å². The Morgan fingerprint density at radius 2 is 2.08 bits per heavy atom. The lowest BCUT2D eigenvalue weighted by Crippen LogP contribution is -2.15. The van der Waals surface area contributed by atoms with Crippen LogP contribution in [0, 0.1) is 0 Å². The molecule has 0 radical (unpaired) electrons. The number of nitrogens with zero attached hydrogens (tertiary/aromatic N) is 2. The Morgan fingerprint density at radius 3 is 2.76 bits per heavy atom. The minimum Gasteiger partial charge on any atom is -0.484 e. The van der Waals surface area contributed by atoms with E-state index in [1.165, 1.54) is 6.92 Å². The molecule has 4 nitrogen and oxygen atoms in total. The van der Waals surface area contributed by atoms with Gasteiger partial charge < -0.3 is 9.30 Å². The van der Waals surface area contributed by atoms with Crippen LogP contribution >= 0.6 is 23.2 Å². The summed E-state index contributed by atoms with van der Waals surface area (Å²) in [5.74, 6) is 0.588. The monoisotopic (exact) mass is 374 g/mol. The van der Waals surface area contributed by atoms with Gasteiger partial charge >= 0.3 is 0 Å². The summed E-state index contributed by atoms with van der Waals surface area (Å²) in [7, 11) is 0. The highest BCUT2D eigenvalue weighted by Crippen LogP contribution is 2.31. The van der Waals surface area contributed by atoms with Gasteiger partial charge in [-0.05, 0) is 31.2 Å². The molecule has 3 rings (SSSR count). The average Bonchev–Trinajstić information content (AvgIpc) is 3.07. The maximum absolute atomic E-state index is 11.6. The molecule has 2 aromatic carbocycles. The molecule has 0 aliphatic carbocycles. The summed E-state index contributed by atoms with van der Waals surface area (Å²) in [6.45, 7) is 2.05.